The second-order valence-corrected chi connectivity index (χ2v) is 0.365. The van der Waals surface area contributed by atoms with Crippen molar-refractivity contribution in [3.8, 4) is 0 Å². The van der Waals surface area contributed by atoms with Crippen LogP contribution in [0.4, 0.5) is 0 Å². The van der Waals surface area contributed by atoms with E-state index in [1.165, 1.54) is 0 Å². The first-order valence-corrected chi connectivity index (χ1v) is 0.983. The molecule has 0 fully saturated rings. The SMILES string of the molecule is O[CH-]CO.[Cu+]. The molecular formula is C2H5CuO2. The van der Waals surface area contributed by atoms with Crippen LogP contribution in [0.5, 0.6) is 0 Å². The Hall–Kier alpha value is 0.439. The largest absolute Gasteiger partial charge is 1.00 e. The Balaban J connectivity index is 0. The first-order valence-electron chi connectivity index (χ1n) is 0.983. The van der Waals surface area contributed by atoms with E-state index in [-0.39, 0.29) is 23.7 Å². The van der Waals surface area contributed by atoms with E-state index in [1.807, 2.05) is 0 Å². The third kappa shape index (κ3) is 12.8. The fraction of sp³-hybridized carbons (Fsp3) is 0.500. The van der Waals surface area contributed by atoms with Crippen LogP contribution in [-0.2, 0) is 17.1 Å². The molecule has 0 atom stereocenters. The fourth-order valence-corrected chi connectivity index (χ4v) is 0. The molecule has 0 unspecified atom stereocenters. The summed E-state index contributed by atoms with van der Waals surface area (Å²) in [5.74, 6) is 0. The topological polar surface area (TPSA) is 40.5 Å². The summed E-state index contributed by atoms with van der Waals surface area (Å²) in [5.41, 5.74) is 0. The summed E-state index contributed by atoms with van der Waals surface area (Å²) in [4.78, 5) is 0. The van der Waals surface area contributed by atoms with Crippen molar-refractivity contribution in [1.29, 1.82) is 0 Å². The minimum Gasteiger partial charge on any atom is -0.564 e. The van der Waals surface area contributed by atoms with Gasteiger partial charge < -0.3 is 10.2 Å². The van der Waals surface area contributed by atoms with Crippen LogP contribution in [0.3, 0.4) is 0 Å². The second kappa shape index (κ2) is 8.83. The van der Waals surface area contributed by atoms with Gasteiger partial charge in [0.05, 0.1) is 0 Å². The van der Waals surface area contributed by atoms with Gasteiger partial charge in [0.25, 0.3) is 0 Å². The molecule has 36 valence electrons. The van der Waals surface area contributed by atoms with Gasteiger partial charge in [-0.05, 0) is 0 Å². The summed E-state index contributed by atoms with van der Waals surface area (Å²) in [5, 5.41) is 15.1. The van der Waals surface area contributed by atoms with Crippen molar-refractivity contribution in [3.05, 3.63) is 6.61 Å². The van der Waals surface area contributed by atoms with Gasteiger partial charge in [0.1, 0.15) is 0 Å². The van der Waals surface area contributed by atoms with Gasteiger partial charge in [-0.3, -0.25) is 0 Å². The monoisotopic (exact) mass is 124 g/mol. The molecule has 0 bridgehead atoms. The van der Waals surface area contributed by atoms with Gasteiger partial charge >= 0.3 is 17.1 Å². The van der Waals surface area contributed by atoms with Crippen molar-refractivity contribution >= 4 is 0 Å². The van der Waals surface area contributed by atoms with E-state index in [9.17, 15) is 0 Å². The number of hydrogen-bond acceptors (Lipinski definition) is 2. The number of rotatable bonds is 1. The standard InChI is InChI=1S/C2H5O2.Cu/c3-1-2-4;/h1,3-4H,2H2;/q-1;+1. The Kier molecular flexibility index (Phi) is 16.0. The summed E-state index contributed by atoms with van der Waals surface area (Å²) < 4.78 is 0. The van der Waals surface area contributed by atoms with E-state index in [1.54, 1.807) is 0 Å². The van der Waals surface area contributed by atoms with E-state index in [0.717, 1.165) is 0 Å². The van der Waals surface area contributed by atoms with Gasteiger partial charge in [-0.2, -0.15) is 6.61 Å². The Bertz CT molecular complexity index is 9.61. The molecule has 0 aromatic heterocycles. The molecule has 0 aromatic rings. The quantitative estimate of drug-likeness (QED) is 0.366. The maximum Gasteiger partial charge on any atom is 1.00 e. The Labute approximate surface area is 41.3 Å². The van der Waals surface area contributed by atoms with E-state index in [2.05, 4.69) is 0 Å². The Morgan fingerprint density at radius 2 is 1.80 bits per heavy atom. The molecule has 0 amide bonds. The minimum absolute atomic E-state index is 0. The zero-order valence-electron chi connectivity index (χ0n) is 2.48. The molecule has 0 aliphatic carbocycles. The molecule has 3 heteroatoms. The zero-order chi connectivity index (χ0) is 3.41. The maximum absolute atomic E-state index is 7.57. The van der Waals surface area contributed by atoms with Gasteiger partial charge in [0.2, 0.25) is 0 Å². The molecule has 0 aliphatic heterocycles. The molecule has 2 N–H and O–H groups in total. The predicted molar refractivity (Wildman–Crippen MR) is 13.3 cm³/mol. The number of aliphatic hydroxyl groups is 2. The van der Waals surface area contributed by atoms with Crippen LogP contribution in [-0.4, -0.2) is 16.8 Å². The Morgan fingerprint density at radius 3 is 1.80 bits per heavy atom. The van der Waals surface area contributed by atoms with Crippen LogP contribution in [0.2, 0.25) is 0 Å². The van der Waals surface area contributed by atoms with Crippen molar-refractivity contribution in [1.82, 2.24) is 0 Å². The Morgan fingerprint density at radius 1 is 1.60 bits per heavy atom. The van der Waals surface area contributed by atoms with Gasteiger partial charge in [-0.25, -0.2) is 0 Å². The fourth-order valence-electron chi connectivity index (χ4n) is 0. The molecule has 0 aliphatic rings. The van der Waals surface area contributed by atoms with Crippen LogP contribution in [0, 0.1) is 6.61 Å². The molecule has 2 nitrogen and oxygen atoms in total. The average molecular weight is 125 g/mol. The summed E-state index contributed by atoms with van der Waals surface area (Å²) >= 11 is 0. The molecule has 5 heavy (non-hydrogen) atoms. The van der Waals surface area contributed by atoms with Crippen molar-refractivity contribution < 1.29 is 27.3 Å². The predicted octanol–water partition coefficient (Wildman–Crippen LogP) is -0.490. The average Bonchev–Trinajstić information content (AvgIpc) is 1.37. The van der Waals surface area contributed by atoms with E-state index < -0.39 is 0 Å². The molecule has 0 spiro atoms. The normalized spacial score (nSPS) is 6.00. The van der Waals surface area contributed by atoms with Gasteiger partial charge in [0, 0.05) is 0 Å². The van der Waals surface area contributed by atoms with Crippen molar-refractivity contribution in [2.75, 3.05) is 6.61 Å². The number of aliphatic hydroxyl groups excluding tert-OH is 2. The first kappa shape index (κ1) is 9.06. The maximum atomic E-state index is 7.57. The molecule has 0 heterocycles. The minimum atomic E-state index is -0.250. The zero-order valence-corrected chi connectivity index (χ0v) is 3.42. The molecule has 0 radical (unpaired) electrons. The van der Waals surface area contributed by atoms with Crippen LogP contribution in [0.25, 0.3) is 0 Å². The third-order valence-electron chi connectivity index (χ3n) is 0.0816. The number of hydrogen-bond donors (Lipinski definition) is 2. The van der Waals surface area contributed by atoms with Crippen molar-refractivity contribution in [3.63, 3.8) is 0 Å². The summed E-state index contributed by atoms with van der Waals surface area (Å²) in [6.45, 7) is 0.431. The van der Waals surface area contributed by atoms with Crippen LogP contribution >= 0.6 is 0 Å². The molecule has 0 rings (SSSR count). The van der Waals surface area contributed by atoms with Crippen molar-refractivity contribution in [2.24, 2.45) is 0 Å². The van der Waals surface area contributed by atoms with Gasteiger partial charge in [-0.1, -0.05) is 6.61 Å². The van der Waals surface area contributed by atoms with Gasteiger partial charge in [0.15, 0.2) is 0 Å². The molecular weight excluding hydrogens is 120 g/mol. The van der Waals surface area contributed by atoms with Crippen LogP contribution in [0.15, 0.2) is 0 Å². The smallest absolute Gasteiger partial charge is 0.564 e. The molecule has 0 saturated carbocycles. The van der Waals surface area contributed by atoms with E-state index >= 15 is 0 Å². The molecule has 0 aromatic carbocycles. The van der Waals surface area contributed by atoms with E-state index in [0.29, 0.717) is 6.61 Å². The molecule has 0 saturated heterocycles. The van der Waals surface area contributed by atoms with Crippen molar-refractivity contribution in [2.45, 2.75) is 0 Å². The second-order valence-electron chi connectivity index (χ2n) is 0.365. The summed E-state index contributed by atoms with van der Waals surface area (Å²) in [7, 11) is 0. The van der Waals surface area contributed by atoms with E-state index in [4.69, 9.17) is 10.2 Å². The van der Waals surface area contributed by atoms with Gasteiger partial charge in [-0.15, -0.1) is 0 Å². The summed E-state index contributed by atoms with van der Waals surface area (Å²) in [6.07, 6.45) is 0. The third-order valence-corrected chi connectivity index (χ3v) is 0.0816. The summed E-state index contributed by atoms with van der Waals surface area (Å²) in [6, 6.07) is 0. The van der Waals surface area contributed by atoms with Crippen LogP contribution < -0.4 is 0 Å². The van der Waals surface area contributed by atoms with Crippen LogP contribution in [0.1, 0.15) is 0 Å². The first-order chi connectivity index (χ1) is 1.91.